The van der Waals surface area contributed by atoms with Crippen molar-refractivity contribution in [2.45, 2.75) is 0 Å². The number of hydrogen-bond acceptors (Lipinski definition) is 4. The predicted octanol–water partition coefficient (Wildman–Crippen LogP) is 3.22. The summed E-state index contributed by atoms with van der Waals surface area (Å²) < 4.78 is 24.2. The highest BCUT2D eigenvalue weighted by atomic mass is 19.1. The van der Waals surface area contributed by atoms with Gasteiger partial charge in [-0.1, -0.05) is 6.07 Å². The number of nitrogens with two attached hydrogens (primary N) is 1. The smallest absolute Gasteiger partial charge is 0.227 e. The zero-order chi connectivity index (χ0) is 13.4. The maximum absolute atomic E-state index is 13.4. The van der Waals surface area contributed by atoms with E-state index in [1.54, 1.807) is 31.4 Å². The van der Waals surface area contributed by atoms with E-state index in [-0.39, 0.29) is 5.69 Å². The third kappa shape index (κ3) is 1.89. The largest absolute Gasteiger partial charge is 0.494 e. The van der Waals surface area contributed by atoms with E-state index in [0.717, 1.165) is 0 Å². The third-order valence-electron chi connectivity index (χ3n) is 2.85. The highest BCUT2D eigenvalue weighted by molar-refractivity contribution is 5.82. The molecular formula is C14H11FN2O2. The van der Waals surface area contributed by atoms with E-state index in [9.17, 15) is 4.39 Å². The fraction of sp³-hybridized carbons (Fsp3) is 0.0714. The molecule has 3 rings (SSSR count). The minimum atomic E-state index is -0.494. The van der Waals surface area contributed by atoms with Crippen molar-refractivity contribution in [2.75, 3.05) is 12.8 Å². The zero-order valence-corrected chi connectivity index (χ0v) is 10.2. The highest BCUT2D eigenvalue weighted by Crippen LogP contribution is 2.30. The minimum absolute atomic E-state index is 0.0949. The van der Waals surface area contributed by atoms with Crippen molar-refractivity contribution >= 4 is 16.8 Å². The topological polar surface area (TPSA) is 61.3 Å². The summed E-state index contributed by atoms with van der Waals surface area (Å²) in [5.41, 5.74) is 7.27. The van der Waals surface area contributed by atoms with Gasteiger partial charge in [-0.2, -0.15) is 0 Å². The third-order valence-corrected chi connectivity index (χ3v) is 2.85. The van der Waals surface area contributed by atoms with Crippen LogP contribution in [-0.2, 0) is 0 Å². The van der Waals surface area contributed by atoms with Gasteiger partial charge in [0.25, 0.3) is 0 Å². The Morgan fingerprint density at radius 2 is 2.11 bits per heavy atom. The van der Waals surface area contributed by atoms with Crippen molar-refractivity contribution in [2.24, 2.45) is 0 Å². The summed E-state index contributed by atoms with van der Waals surface area (Å²) in [7, 11) is 1.56. The van der Waals surface area contributed by atoms with Gasteiger partial charge in [0.15, 0.2) is 11.1 Å². The maximum Gasteiger partial charge on any atom is 0.227 e. The number of fused-ring (bicyclic) bond motifs is 1. The Balaban J connectivity index is 2.17. The summed E-state index contributed by atoms with van der Waals surface area (Å²) in [4.78, 5) is 4.33. The molecule has 0 spiro atoms. The SMILES string of the molecule is COc1cccc2oc(-c3ccc(N)c(F)c3)nc12. The lowest BCUT2D eigenvalue weighted by atomic mass is 10.2. The van der Waals surface area contributed by atoms with Crippen molar-refractivity contribution in [3.8, 4) is 17.2 Å². The average molecular weight is 258 g/mol. The Bertz CT molecular complexity index is 752. The Kier molecular flexibility index (Phi) is 2.59. The van der Waals surface area contributed by atoms with Gasteiger partial charge in [-0.15, -0.1) is 0 Å². The number of halogens is 1. The van der Waals surface area contributed by atoms with Crippen LogP contribution in [0.4, 0.5) is 10.1 Å². The summed E-state index contributed by atoms with van der Waals surface area (Å²) in [6.45, 7) is 0. The monoisotopic (exact) mass is 258 g/mol. The average Bonchev–Trinajstić information content (AvgIpc) is 2.85. The second-order valence-corrected chi connectivity index (χ2v) is 4.06. The summed E-state index contributed by atoms with van der Waals surface area (Å²) in [5, 5.41) is 0. The second-order valence-electron chi connectivity index (χ2n) is 4.06. The highest BCUT2D eigenvalue weighted by Gasteiger charge is 2.12. The van der Waals surface area contributed by atoms with Crippen molar-refractivity contribution in [1.29, 1.82) is 0 Å². The van der Waals surface area contributed by atoms with Gasteiger partial charge < -0.3 is 14.9 Å². The van der Waals surface area contributed by atoms with Gasteiger partial charge in [-0.3, -0.25) is 0 Å². The first-order valence-electron chi connectivity index (χ1n) is 5.68. The normalized spacial score (nSPS) is 10.8. The van der Waals surface area contributed by atoms with Crippen LogP contribution in [0, 0.1) is 5.82 Å². The molecule has 0 aliphatic carbocycles. The molecule has 0 saturated heterocycles. The molecular weight excluding hydrogens is 247 g/mol. The molecule has 0 saturated carbocycles. The number of oxazole rings is 1. The molecule has 3 aromatic rings. The van der Waals surface area contributed by atoms with Crippen LogP contribution in [0.25, 0.3) is 22.6 Å². The number of methoxy groups -OCH3 is 1. The number of nitrogen functional groups attached to an aromatic ring is 1. The minimum Gasteiger partial charge on any atom is -0.494 e. The molecule has 1 aromatic heterocycles. The molecule has 1 heterocycles. The van der Waals surface area contributed by atoms with Gasteiger partial charge in [-0.05, 0) is 30.3 Å². The summed E-state index contributed by atoms with van der Waals surface area (Å²) in [5.74, 6) is 0.452. The van der Waals surface area contributed by atoms with Crippen molar-refractivity contribution in [1.82, 2.24) is 4.98 Å². The lowest BCUT2D eigenvalue weighted by molar-refractivity contribution is 0.419. The molecule has 4 nitrogen and oxygen atoms in total. The van der Waals surface area contributed by atoms with Crippen LogP contribution in [0.1, 0.15) is 0 Å². The number of aromatic nitrogens is 1. The fourth-order valence-electron chi connectivity index (χ4n) is 1.87. The fourth-order valence-corrected chi connectivity index (χ4v) is 1.87. The van der Waals surface area contributed by atoms with Crippen LogP contribution in [0.15, 0.2) is 40.8 Å². The van der Waals surface area contributed by atoms with E-state index < -0.39 is 5.82 Å². The maximum atomic E-state index is 13.4. The molecule has 96 valence electrons. The Morgan fingerprint density at radius 3 is 2.84 bits per heavy atom. The Labute approximate surface area is 108 Å². The van der Waals surface area contributed by atoms with Gasteiger partial charge in [0.05, 0.1) is 12.8 Å². The molecule has 0 atom stereocenters. The number of para-hydroxylation sites is 1. The first kappa shape index (κ1) is 11.5. The molecule has 19 heavy (non-hydrogen) atoms. The van der Waals surface area contributed by atoms with Gasteiger partial charge in [-0.25, -0.2) is 9.37 Å². The van der Waals surface area contributed by atoms with Gasteiger partial charge in [0.2, 0.25) is 5.89 Å². The summed E-state index contributed by atoms with van der Waals surface area (Å²) in [6.07, 6.45) is 0. The van der Waals surface area contributed by atoms with E-state index in [0.29, 0.717) is 28.3 Å². The van der Waals surface area contributed by atoms with Crippen LogP contribution in [0.5, 0.6) is 5.75 Å². The molecule has 0 unspecified atom stereocenters. The number of nitrogens with zero attached hydrogens (tertiary/aromatic N) is 1. The molecule has 0 radical (unpaired) electrons. The summed E-state index contributed by atoms with van der Waals surface area (Å²) in [6, 6.07) is 9.82. The van der Waals surface area contributed by atoms with Crippen molar-refractivity contribution in [3.63, 3.8) is 0 Å². The van der Waals surface area contributed by atoms with Crippen LogP contribution in [-0.4, -0.2) is 12.1 Å². The zero-order valence-electron chi connectivity index (χ0n) is 10.2. The van der Waals surface area contributed by atoms with E-state index in [1.165, 1.54) is 12.1 Å². The van der Waals surface area contributed by atoms with E-state index >= 15 is 0 Å². The number of hydrogen-bond donors (Lipinski definition) is 1. The quantitative estimate of drug-likeness (QED) is 0.717. The van der Waals surface area contributed by atoms with E-state index in [2.05, 4.69) is 4.98 Å². The number of ether oxygens (including phenoxy) is 1. The number of benzene rings is 2. The Morgan fingerprint density at radius 1 is 1.26 bits per heavy atom. The molecule has 0 amide bonds. The molecule has 2 aromatic carbocycles. The van der Waals surface area contributed by atoms with Crippen LogP contribution < -0.4 is 10.5 Å². The Hall–Kier alpha value is -2.56. The second kappa shape index (κ2) is 4.28. The molecule has 0 aliphatic heterocycles. The number of rotatable bonds is 2. The van der Waals surface area contributed by atoms with Crippen molar-refractivity contribution < 1.29 is 13.5 Å². The first-order chi connectivity index (χ1) is 9.19. The van der Waals surface area contributed by atoms with Crippen LogP contribution in [0.3, 0.4) is 0 Å². The van der Waals surface area contributed by atoms with Gasteiger partial charge >= 0.3 is 0 Å². The van der Waals surface area contributed by atoms with Crippen LogP contribution in [0.2, 0.25) is 0 Å². The molecule has 0 bridgehead atoms. The van der Waals surface area contributed by atoms with Crippen molar-refractivity contribution in [3.05, 3.63) is 42.2 Å². The molecule has 0 aliphatic rings. The lowest BCUT2D eigenvalue weighted by Crippen LogP contribution is -1.90. The molecule has 5 heteroatoms. The predicted molar refractivity (Wildman–Crippen MR) is 70.4 cm³/mol. The molecule has 0 fully saturated rings. The molecule has 2 N–H and O–H groups in total. The lowest BCUT2D eigenvalue weighted by Gasteiger charge is -1.98. The van der Waals surface area contributed by atoms with E-state index in [4.69, 9.17) is 14.9 Å². The van der Waals surface area contributed by atoms with Gasteiger partial charge in [0.1, 0.15) is 11.6 Å². The standard InChI is InChI=1S/C14H11FN2O2/c1-18-11-3-2-4-12-13(11)17-14(19-12)8-5-6-10(16)9(15)7-8/h2-7H,16H2,1H3. The first-order valence-corrected chi connectivity index (χ1v) is 5.68. The number of anilines is 1. The summed E-state index contributed by atoms with van der Waals surface area (Å²) >= 11 is 0. The van der Waals surface area contributed by atoms with Gasteiger partial charge in [0, 0.05) is 5.56 Å². The van der Waals surface area contributed by atoms with Crippen LogP contribution >= 0.6 is 0 Å². The van der Waals surface area contributed by atoms with E-state index in [1.807, 2.05) is 0 Å².